The number of ether oxygens (including phenoxy) is 2. The Kier molecular flexibility index (Phi) is 1.38. The van der Waals surface area contributed by atoms with Crippen LogP contribution in [0.2, 0.25) is 0 Å². The minimum Gasteiger partial charge on any atom is -0.347 e. The van der Waals surface area contributed by atoms with Crippen LogP contribution in [0.3, 0.4) is 0 Å². The zero-order valence-electron chi connectivity index (χ0n) is 7.16. The van der Waals surface area contributed by atoms with Gasteiger partial charge in [-0.25, -0.2) is 0 Å². The Hall–Kier alpha value is -0.340. The third-order valence-corrected chi connectivity index (χ3v) is 3.37. The second-order valence-corrected chi connectivity index (χ2v) is 3.98. The number of hydrogen-bond donors (Lipinski definition) is 0. The Labute approximate surface area is 72.5 Å². The van der Waals surface area contributed by atoms with Crippen molar-refractivity contribution in [2.45, 2.75) is 25.0 Å². The van der Waals surface area contributed by atoms with Crippen LogP contribution in [0.1, 0.15) is 19.3 Å². The molecule has 2 heteroatoms. The van der Waals surface area contributed by atoms with Crippen LogP contribution < -0.4 is 0 Å². The lowest BCUT2D eigenvalue weighted by molar-refractivity contribution is -0.214. The standard InChI is InChI=1S/C10H14O2/c1-2-8-3-4-9(8)10(5-1)11-6-7-12-10/h3-4,8-9H,1-2,5-7H2. The second-order valence-electron chi connectivity index (χ2n) is 3.98. The molecule has 0 bridgehead atoms. The molecule has 0 aromatic carbocycles. The van der Waals surface area contributed by atoms with Crippen molar-refractivity contribution in [2.75, 3.05) is 13.2 Å². The first-order valence-electron chi connectivity index (χ1n) is 4.87. The average Bonchev–Trinajstić information content (AvgIpc) is 2.43. The molecule has 0 aromatic rings. The van der Waals surface area contributed by atoms with Gasteiger partial charge in [0, 0.05) is 12.3 Å². The molecular weight excluding hydrogens is 152 g/mol. The fourth-order valence-corrected chi connectivity index (χ4v) is 2.69. The Morgan fingerprint density at radius 1 is 1.17 bits per heavy atom. The fraction of sp³-hybridized carbons (Fsp3) is 0.800. The maximum absolute atomic E-state index is 5.74. The summed E-state index contributed by atoms with van der Waals surface area (Å²) < 4.78 is 11.5. The van der Waals surface area contributed by atoms with E-state index in [1.54, 1.807) is 0 Å². The molecule has 1 saturated heterocycles. The summed E-state index contributed by atoms with van der Waals surface area (Å²) in [6.45, 7) is 1.58. The molecule has 2 nitrogen and oxygen atoms in total. The van der Waals surface area contributed by atoms with E-state index in [4.69, 9.17) is 9.47 Å². The van der Waals surface area contributed by atoms with Crippen molar-refractivity contribution in [3.63, 3.8) is 0 Å². The van der Waals surface area contributed by atoms with Crippen molar-refractivity contribution in [3.8, 4) is 0 Å². The van der Waals surface area contributed by atoms with Crippen LogP contribution >= 0.6 is 0 Å². The molecule has 2 aliphatic carbocycles. The minimum atomic E-state index is -0.197. The number of allylic oxidation sites excluding steroid dienone is 1. The number of hydrogen-bond acceptors (Lipinski definition) is 2. The van der Waals surface area contributed by atoms with Gasteiger partial charge in [0.25, 0.3) is 0 Å². The van der Waals surface area contributed by atoms with E-state index in [2.05, 4.69) is 12.2 Å². The molecule has 0 N–H and O–H groups in total. The summed E-state index contributed by atoms with van der Waals surface area (Å²) in [5.74, 6) is 1.11. The summed E-state index contributed by atoms with van der Waals surface area (Å²) in [5, 5.41) is 0. The minimum absolute atomic E-state index is 0.197. The number of fused-ring (bicyclic) bond motifs is 2. The SMILES string of the molecule is C1=CC2C1CCCC21OCCO1. The van der Waals surface area contributed by atoms with E-state index in [0.717, 1.165) is 25.6 Å². The van der Waals surface area contributed by atoms with Crippen LogP contribution in [0.25, 0.3) is 0 Å². The molecule has 0 radical (unpaired) electrons. The summed E-state index contributed by atoms with van der Waals surface area (Å²) in [5.41, 5.74) is 0. The highest BCUT2D eigenvalue weighted by Crippen LogP contribution is 2.49. The zero-order valence-corrected chi connectivity index (χ0v) is 7.16. The van der Waals surface area contributed by atoms with E-state index in [-0.39, 0.29) is 5.79 Å². The molecular formula is C10H14O2. The first-order chi connectivity index (χ1) is 5.91. The Morgan fingerprint density at radius 3 is 2.67 bits per heavy atom. The molecule has 2 atom stereocenters. The lowest BCUT2D eigenvalue weighted by Crippen LogP contribution is -2.47. The molecule has 1 saturated carbocycles. The van der Waals surface area contributed by atoms with E-state index >= 15 is 0 Å². The summed E-state index contributed by atoms with van der Waals surface area (Å²) in [6.07, 6.45) is 8.24. The van der Waals surface area contributed by atoms with Crippen molar-refractivity contribution in [2.24, 2.45) is 11.8 Å². The highest BCUT2D eigenvalue weighted by atomic mass is 16.7. The maximum atomic E-state index is 5.74. The third-order valence-electron chi connectivity index (χ3n) is 3.37. The Bertz CT molecular complexity index is 216. The number of rotatable bonds is 0. The van der Waals surface area contributed by atoms with Gasteiger partial charge in [-0.15, -0.1) is 0 Å². The van der Waals surface area contributed by atoms with Crippen molar-refractivity contribution in [3.05, 3.63) is 12.2 Å². The monoisotopic (exact) mass is 166 g/mol. The Morgan fingerprint density at radius 2 is 2.00 bits per heavy atom. The van der Waals surface area contributed by atoms with Crippen LogP contribution in [0.5, 0.6) is 0 Å². The molecule has 2 unspecified atom stereocenters. The lowest BCUT2D eigenvalue weighted by Gasteiger charge is -2.46. The smallest absolute Gasteiger partial charge is 0.175 e. The lowest BCUT2D eigenvalue weighted by atomic mass is 9.68. The zero-order chi connectivity index (χ0) is 8.02. The largest absolute Gasteiger partial charge is 0.347 e. The Balaban J connectivity index is 1.88. The average molecular weight is 166 g/mol. The van der Waals surface area contributed by atoms with Gasteiger partial charge in [-0.05, 0) is 18.8 Å². The maximum Gasteiger partial charge on any atom is 0.175 e. The summed E-state index contributed by atoms with van der Waals surface area (Å²) in [6, 6.07) is 0. The second kappa shape index (κ2) is 2.33. The van der Waals surface area contributed by atoms with Crippen molar-refractivity contribution >= 4 is 0 Å². The van der Waals surface area contributed by atoms with Crippen molar-refractivity contribution < 1.29 is 9.47 Å². The molecule has 1 spiro atoms. The van der Waals surface area contributed by atoms with Gasteiger partial charge in [0.05, 0.1) is 13.2 Å². The van der Waals surface area contributed by atoms with Gasteiger partial charge >= 0.3 is 0 Å². The van der Waals surface area contributed by atoms with Gasteiger partial charge in [0.2, 0.25) is 0 Å². The van der Waals surface area contributed by atoms with E-state index in [1.165, 1.54) is 12.8 Å². The van der Waals surface area contributed by atoms with Crippen molar-refractivity contribution in [1.82, 2.24) is 0 Å². The van der Waals surface area contributed by atoms with E-state index in [9.17, 15) is 0 Å². The van der Waals surface area contributed by atoms with Gasteiger partial charge in [-0.3, -0.25) is 0 Å². The molecule has 66 valence electrons. The predicted octanol–water partition coefficient (Wildman–Crippen LogP) is 1.72. The molecule has 12 heavy (non-hydrogen) atoms. The fourth-order valence-electron chi connectivity index (χ4n) is 2.69. The van der Waals surface area contributed by atoms with Crippen LogP contribution in [0.15, 0.2) is 12.2 Å². The van der Waals surface area contributed by atoms with Crippen LogP contribution in [0.4, 0.5) is 0 Å². The third kappa shape index (κ3) is 0.771. The van der Waals surface area contributed by atoms with Gasteiger partial charge in [-0.1, -0.05) is 12.2 Å². The van der Waals surface area contributed by atoms with Crippen LogP contribution in [-0.2, 0) is 9.47 Å². The summed E-state index contributed by atoms with van der Waals surface area (Å²) in [4.78, 5) is 0. The first kappa shape index (κ1) is 7.10. The van der Waals surface area contributed by atoms with Gasteiger partial charge < -0.3 is 9.47 Å². The molecule has 2 fully saturated rings. The van der Waals surface area contributed by atoms with Crippen LogP contribution in [0, 0.1) is 11.8 Å². The molecule has 1 heterocycles. The molecule has 3 rings (SSSR count). The van der Waals surface area contributed by atoms with Gasteiger partial charge in [-0.2, -0.15) is 0 Å². The molecule has 0 amide bonds. The normalized spacial score (nSPS) is 42.7. The predicted molar refractivity (Wildman–Crippen MR) is 44.6 cm³/mol. The van der Waals surface area contributed by atoms with Crippen molar-refractivity contribution in [1.29, 1.82) is 0 Å². The molecule has 1 aliphatic heterocycles. The highest BCUT2D eigenvalue weighted by Gasteiger charge is 2.50. The molecule has 3 aliphatic rings. The summed E-state index contributed by atoms with van der Waals surface area (Å²) in [7, 11) is 0. The highest BCUT2D eigenvalue weighted by molar-refractivity contribution is 5.16. The van der Waals surface area contributed by atoms with E-state index < -0.39 is 0 Å². The topological polar surface area (TPSA) is 18.5 Å². The van der Waals surface area contributed by atoms with Crippen LogP contribution in [-0.4, -0.2) is 19.0 Å². The molecule has 0 aromatic heterocycles. The first-order valence-corrected chi connectivity index (χ1v) is 4.87. The van der Waals surface area contributed by atoms with Gasteiger partial charge in [0.1, 0.15) is 0 Å². The van der Waals surface area contributed by atoms with E-state index in [1.807, 2.05) is 0 Å². The quantitative estimate of drug-likeness (QED) is 0.510. The van der Waals surface area contributed by atoms with E-state index in [0.29, 0.717) is 5.92 Å². The summed E-state index contributed by atoms with van der Waals surface area (Å²) >= 11 is 0. The van der Waals surface area contributed by atoms with Gasteiger partial charge in [0.15, 0.2) is 5.79 Å².